The molecule has 0 atom stereocenters. The SMILES string of the molecule is COc1ccc(-c2c(O)c(=O)c2=O)c(C)c1. The van der Waals surface area contributed by atoms with Gasteiger partial charge in [-0.2, -0.15) is 0 Å². The van der Waals surface area contributed by atoms with Crippen LogP contribution in [0, 0.1) is 6.92 Å². The Morgan fingerprint density at radius 2 is 1.88 bits per heavy atom. The van der Waals surface area contributed by atoms with Crippen molar-refractivity contribution in [2.24, 2.45) is 0 Å². The zero-order chi connectivity index (χ0) is 11.9. The third-order valence-corrected chi connectivity index (χ3v) is 2.59. The van der Waals surface area contributed by atoms with E-state index >= 15 is 0 Å². The van der Waals surface area contributed by atoms with Crippen LogP contribution in [0.1, 0.15) is 5.56 Å². The average molecular weight is 218 g/mol. The summed E-state index contributed by atoms with van der Waals surface area (Å²) in [5.41, 5.74) is 0.00536. The van der Waals surface area contributed by atoms with Crippen molar-refractivity contribution in [3.05, 3.63) is 44.2 Å². The lowest BCUT2D eigenvalue weighted by molar-refractivity contribution is 0.414. The van der Waals surface area contributed by atoms with Crippen molar-refractivity contribution in [1.82, 2.24) is 0 Å². The lowest BCUT2D eigenvalue weighted by Gasteiger charge is -2.10. The average Bonchev–Trinajstić information content (AvgIpc) is 2.30. The molecule has 0 aliphatic carbocycles. The van der Waals surface area contributed by atoms with Crippen LogP contribution in [-0.4, -0.2) is 12.2 Å². The first-order chi connectivity index (χ1) is 7.56. The maximum atomic E-state index is 11.3. The van der Waals surface area contributed by atoms with Crippen molar-refractivity contribution in [3.8, 4) is 22.6 Å². The molecule has 2 aromatic carbocycles. The van der Waals surface area contributed by atoms with Crippen LogP contribution < -0.4 is 15.6 Å². The number of benzene rings is 1. The summed E-state index contributed by atoms with van der Waals surface area (Å²) in [7, 11) is 1.54. The van der Waals surface area contributed by atoms with Crippen LogP contribution in [0.15, 0.2) is 27.8 Å². The van der Waals surface area contributed by atoms with Gasteiger partial charge in [-0.05, 0) is 30.2 Å². The number of hydrogen-bond acceptors (Lipinski definition) is 4. The molecule has 2 aromatic rings. The van der Waals surface area contributed by atoms with E-state index in [1.807, 2.05) is 0 Å². The van der Waals surface area contributed by atoms with Gasteiger partial charge >= 0.3 is 0 Å². The fraction of sp³-hybridized carbons (Fsp3) is 0.167. The van der Waals surface area contributed by atoms with E-state index < -0.39 is 16.6 Å². The molecule has 0 spiro atoms. The summed E-state index contributed by atoms with van der Waals surface area (Å²) in [6, 6.07) is 5.08. The van der Waals surface area contributed by atoms with Gasteiger partial charge in [0.25, 0.3) is 5.43 Å². The van der Waals surface area contributed by atoms with E-state index in [4.69, 9.17) is 4.74 Å². The van der Waals surface area contributed by atoms with Crippen LogP contribution in [0.4, 0.5) is 0 Å². The molecule has 1 N–H and O–H groups in total. The van der Waals surface area contributed by atoms with E-state index in [-0.39, 0.29) is 5.56 Å². The summed E-state index contributed by atoms with van der Waals surface area (Å²) < 4.78 is 5.03. The van der Waals surface area contributed by atoms with Gasteiger partial charge in [-0.25, -0.2) is 0 Å². The van der Waals surface area contributed by atoms with E-state index in [2.05, 4.69) is 0 Å². The van der Waals surface area contributed by atoms with Crippen LogP contribution in [0.25, 0.3) is 11.1 Å². The highest BCUT2D eigenvalue weighted by Gasteiger charge is 2.22. The standard InChI is InChI=1S/C12H10O4/c1-6-5-7(16-2)3-4-8(6)9-10(13)12(15)11(9)14/h3-5,13H,1-2H3. The van der Waals surface area contributed by atoms with Crippen LogP contribution in [-0.2, 0) is 0 Å². The first kappa shape index (κ1) is 10.4. The van der Waals surface area contributed by atoms with E-state index in [0.717, 1.165) is 5.56 Å². The highest BCUT2D eigenvalue weighted by Crippen LogP contribution is 2.29. The van der Waals surface area contributed by atoms with E-state index in [9.17, 15) is 14.7 Å². The molecule has 0 saturated heterocycles. The Labute approximate surface area is 91.4 Å². The van der Waals surface area contributed by atoms with Gasteiger partial charge < -0.3 is 9.84 Å². The second kappa shape index (κ2) is 3.48. The molecule has 0 aliphatic heterocycles. The van der Waals surface area contributed by atoms with Crippen molar-refractivity contribution < 1.29 is 9.84 Å². The normalized spacial score (nSPS) is 10.6. The van der Waals surface area contributed by atoms with Gasteiger partial charge in [0.15, 0.2) is 5.75 Å². The maximum Gasteiger partial charge on any atom is 0.268 e. The second-order valence-electron chi connectivity index (χ2n) is 3.56. The summed E-state index contributed by atoms with van der Waals surface area (Å²) in [6.07, 6.45) is 0. The minimum Gasteiger partial charge on any atom is -0.503 e. The Hall–Kier alpha value is -2.10. The molecular formula is C12H10O4. The van der Waals surface area contributed by atoms with Crippen molar-refractivity contribution in [1.29, 1.82) is 0 Å². The van der Waals surface area contributed by atoms with E-state index in [0.29, 0.717) is 11.3 Å². The quantitative estimate of drug-likeness (QED) is 0.763. The maximum absolute atomic E-state index is 11.3. The Balaban J connectivity index is 2.59. The molecule has 0 heterocycles. The zero-order valence-corrected chi connectivity index (χ0v) is 8.90. The Bertz CT molecular complexity index is 618. The molecule has 0 saturated carbocycles. The largest absolute Gasteiger partial charge is 0.503 e. The summed E-state index contributed by atoms with van der Waals surface area (Å²) in [5.74, 6) is 0.220. The molecular weight excluding hydrogens is 208 g/mol. The molecule has 0 radical (unpaired) electrons. The second-order valence-corrected chi connectivity index (χ2v) is 3.56. The van der Waals surface area contributed by atoms with E-state index in [1.54, 1.807) is 32.2 Å². The molecule has 82 valence electrons. The molecule has 4 heteroatoms. The Morgan fingerprint density at radius 1 is 1.19 bits per heavy atom. The Kier molecular flexibility index (Phi) is 2.27. The molecule has 0 aromatic heterocycles. The van der Waals surface area contributed by atoms with Gasteiger partial charge in [-0.3, -0.25) is 9.59 Å². The summed E-state index contributed by atoms with van der Waals surface area (Å²) >= 11 is 0. The van der Waals surface area contributed by atoms with Crippen LogP contribution in [0.3, 0.4) is 0 Å². The zero-order valence-electron chi connectivity index (χ0n) is 8.90. The lowest BCUT2D eigenvalue weighted by atomic mass is 9.96. The fourth-order valence-electron chi connectivity index (χ4n) is 1.67. The number of aromatic hydroxyl groups is 1. The van der Waals surface area contributed by atoms with Gasteiger partial charge in [0.05, 0.1) is 12.7 Å². The van der Waals surface area contributed by atoms with Crippen molar-refractivity contribution in [2.45, 2.75) is 6.92 Å². The van der Waals surface area contributed by atoms with Gasteiger partial charge in [-0.1, -0.05) is 6.07 Å². The highest BCUT2D eigenvalue weighted by atomic mass is 16.5. The molecule has 0 bridgehead atoms. The third-order valence-electron chi connectivity index (χ3n) is 2.59. The smallest absolute Gasteiger partial charge is 0.268 e. The predicted molar refractivity (Wildman–Crippen MR) is 59.7 cm³/mol. The number of methoxy groups -OCH3 is 1. The van der Waals surface area contributed by atoms with Crippen molar-refractivity contribution in [3.63, 3.8) is 0 Å². The summed E-state index contributed by atoms with van der Waals surface area (Å²) in [5, 5.41) is 9.33. The van der Waals surface area contributed by atoms with Gasteiger partial charge in [0.1, 0.15) is 5.75 Å². The van der Waals surface area contributed by atoms with Crippen molar-refractivity contribution >= 4 is 0 Å². The minimum atomic E-state index is -0.815. The topological polar surface area (TPSA) is 63.6 Å². The fourth-order valence-corrected chi connectivity index (χ4v) is 1.67. The lowest BCUT2D eigenvalue weighted by Crippen LogP contribution is -2.32. The van der Waals surface area contributed by atoms with Crippen LogP contribution in [0.2, 0.25) is 0 Å². The highest BCUT2D eigenvalue weighted by molar-refractivity contribution is 5.76. The molecule has 0 fully saturated rings. The first-order valence-electron chi connectivity index (χ1n) is 4.73. The van der Waals surface area contributed by atoms with Crippen LogP contribution in [0.5, 0.6) is 11.5 Å². The van der Waals surface area contributed by atoms with Crippen molar-refractivity contribution in [2.75, 3.05) is 7.11 Å². The molecule has 4 nitrogen and oxygen atoms in total. The molecule has 2 rings (SSSR count). The van der Waals surface area contributed by atoms with Gasteiger partial charge in [0, 0.05) is 0 Å². The van der Waals surface area contributed by atoms with Crippen LogP contribution >= 0.6 is 0 Å². The number of ether oxygens (including phenoxy) is 1. The number of rotatable bonds is 2. The predicted octanol–water partition coefficient (Wildman–Crippen LogP) is 0.972. The minimum absolute atomic E-state index is 0.102. The van der Waals surface area contributed by atoms with E-state index in [1.165, 1.54) is 0 Å². The van der Waals surface area contributed by atoms with Gasteiger partial charge in [0.2, 0.25) is 5.43 Å². The van der Waals surface area contributed by atoms with Gasteiger partial charge in [-0.15, -0.1) is 0 Å². The Morgan fingerprint density at radius 3 is 2.38 bits per heavy atom. The molecule has 0 unspecified atom stereocenters. The third kappa shape index (κ3) is 1.31. The number of hydrogen-bond donors (Lipinski definition) is 1. The number of aryl methyl sites for hydroxylation is 1. The molecule has 16 heavy (non-hydrogen) atoms. The summed E-state index contributed by atoms with van der Waals surface area (Å²) in [6.45, 7) is 1.79. The summed E-state index contributed by atoms with van der Waals surface area (Å²) in [4.78, 5) is 22.2. The monoisotopic (exact) mass is 218 g/mol. The first-order valence-corrected chi connectivity index (χ1v) is 4.73. The molecule has 0 aliphatic rings. The molecule has 0 amide bonds.